The third-order valence-corrected chi connectivity index (χ3v) is 4.31. The lowest BCUT2D eigenvalue weighted by Crippen LogP contribution is -2.13. The van der Waals surface area contributed by atoms with Gasteiger partial charge in [0.05, 0.1) is 4.90 Å². The summed E-state index contributed by atoms with van der Waals surface area (Å²) < 4.78 is 26.6. The molecule has 7 nitrogen and oxygen atoms in total. The number of hydrogen-bond donors (Lipinski definition) is 3. The number of H-pyrrole nitrogens is 1. The van der Waals surface area contributed by atoms with Crippen LogP contribution in [0, 0.1) is 0 Å². The number of benzene rings is 1. The minimum absolute atomic E-state index is 0.0109. The number of nitrogens with zero attached hydrogens (tertiary/aromatic N) is 1. The Hall–Kier alpha value is -2.35. The number of carbonyl (C=O) groups is 1. The monoisotopic (exact) mass is 308 g/mol. The summed E-state index contributed by atoms with van der Waals surface area (Å²) in [4.78, 5) is 11.0. The van der Waals surface area contributed by atoms with Crippen LogP contribution in [-0.2, 0) is 10.0 Å². The quantitative estimate of drug-likeness (QED) is 0.774. The summed E-state index contributed by atoms with van der Waals surface area (Å²) in [5.74, 6) is -0.384. The molecule has 1 aromatic carbocycles. The minimum atomic E-state index is -3.75. The van der Waals surface area contributed by atoms with Gasteiger partial charge < -0.3 is 5.73 Å². The highest BCUT2D eigenvalue weighted by molar-refractivity contribution is 7.92. The van der Waals surface area contributed by atoms with Gasteiger partial charge in [0.1, 0.15) is 5.69 Å². The molecular weight excluding hydrogens is 292 g/mol. The van der Waals surface area contributed by atoms with Crippen molar-refractivity contribution in [3.8, 4) is 0 Å². The third-order valence-electron chi connectivity index (χ3n) is 2.94. The number of carbonyl (C=O) groups excluding carboxylic acids is 1. The number of hydrogen-bond acceptors (Lipinski definition) is 4. The molecule has 1 amide bonds. The van der Waals surface area contributed by atoms with Crippen molar-refractivity contribution in [2.45, 2.75) is 24.7 Å². The zero-order chi connectivity index (χ0) is 15.6. The van der Waals surface area contributed by atoms with E-state index in [2.05, 4.69) is 14.9 Å². The summed E-state index contributed by atoms with van der Waals surface area (Å²) in [6.07, 6.45) is 0. The summed E-state index contributed by atoms with van der Waals surface area (Å²) in [6, 6.07) is 7.82. The van der Waals surface area contributed by atoms with Crippen LogP contribution in [0.3, 0.4) is 0 Å². The fourth-order valence-corrected chi connectivity index (χ4v) is 2.72. The number of amides is 1. The van der Waals surface area contributed by atoms with Gasteiger partial charge in [-0.1, -0.05) is 26.0 Å². The van der Waals surface area contributed by atoms with Crippen LogP contribution >= 0.6 is 0 Å². The maximum atomic E-state index is 12.2. The molecule has 0 spiro atoms. The standard InChI is InChI=1S/C13H16N4O3S/c1-8(2)9-3-5-10(6-4-9)21(19,20)17-12-7-11(13(14)18)15-16-12/h3-8H,1-2H3,(H2,14,18)(H2,15,16,17). The smallest absolute Gasteiger partial charge is 0.266 e. The minimum Gasteiger partial charge on any atom is -0.364 e. The Balaban J connectivity index is 2.22. The second kappa shape index (κ2) is 5.57. The average Bonchev–Trinajstić information content (AvgIpc) is 2.87. The van der Waals surface area contributed by atoms with Crippen LogP contribution in [0.5, 0.6) is 0 Å². The fraction of sp³-hybridized carbons (Fsp3) is 0.231. The molecular formula is C13H16N4O3S. The fourth-order valence-electron chi connectivity index (χ4n) is 1.73. The topological polar surface area (TPSA) is 118 Å². The molecule has 2 aromatic rings. The largest absolute Gasteiger partial charge is 0.364 e. The molecule has 21 heavy (non-hydrogen) atoms. The predicted octanol–water partition coefficient (Wildman–Crippen LogP) is 1.43. The van der Waals surface area contributed by atoms with Gasteiger partial charge in [-0.05, 0) is 23.6 Å². The average molecular weight is 308 g/mol. The Labute approximate surface area is 122 Å². The van der Waals surface area contributed by atoms with Gasteiger partial charge in [-0.3, -0.25) is 14.6 Å². The Kier molecular flexibility index (Phi) is 3.99. The second-order valence-electron chi connectivity index (χ2n) is 4.86. The highest BCUT2D eigenvalue weighted by atomic mass is 32.2. The SMILES string of the molecule is CC(C)c1ccc(S(=O)(=O)Nc2cc(C(N)=O)[nH]n2)cc1. The number of aromatic amines is 1. The van der Waals surface area contributed by atoms with Crippen LogP contribution in [0.1, 0.15) is 35.8 Å². The Morgan fingerprint density at radius 3 is 2.38 bits per heavy atom. The molecule has 0 radical (unpaired) electrons. The van der Waals surface area contributed by atoms with Gasteiger partial charge >= 0.3 is 0 Å². The van der Waals surface area contributed by atoms with Crippen LogP contribution < -0.4 is 10.5 Å². The second-order valence-corrected chi connectivity index (χ2v) is 6.54. The molecule has 2 rings (SSSR count). The molecule has 0 saturated heterocycles. The van der Waals surface area contributed by atoms with E-state index < -0.39 is 15.9 Å². The summed E-state index contributed by atoms with van der Waals surface area (Å²) in [5, 5.41) is 6.03. The summed E-state index contributed by atoms with van der Waals surface area (Å²) in [7, 11) is -3.75. The van der Waals surface area contributed by atoms with Gasteiger partial charge in [-0.2, -0.15) is 5.10 Å². The number of nitrogens with one attached hydrogen (secondary N) is 2. The van der Waals surface area contributed by atoms with E-state index in [9.17, 15) is 13.2 Å². The lowest BCUT2D eigenvalue weighted by Gasteiger charge is -2.08. The van der Waals surface area contributed by atoms with Crippen LogP contribution in [0.2, 0.25) is 0 Å². The van der Waals surface area contributed by atoms with E-state index >= 15 is 0 Å². The van der Waals surface area contributed by atoms with E-state index in [0.29, 0.717) is 5.92 Å². The number of anilines is 1. The zero-order valence-corrected chi connectivity index (χ0v) is 12.4. The van der Waals surface area contributed by atoms with Crippen molar-refractivity contribution in [1.82, 2.24) is 10.2 Å². The van der Waals surface area contributed by atoms with Gasteiger partial charge in [0.25, 0.3) is 15.9 Å². The Morgan fingerprint density at radius 1 is 1.29 bits per heavy atom. The molecule has 0 saturated carbocycles. The van der Waals surface area contributed by atoms with E-state index in [-0.39, 0.29) is 16.4 Å². The summed E-state index contributed by atoms with van der Waals surface area (Å²) in [5.41, 5.74) is 6.14. The molecule has 0 aliphatic carbocycles. The number of rotatable bonds is 5. The van der Waals surface area contributed by atoms with Gasteiger partial charge in [-0.15, -0.1) is 0 Å². The molecule has 1 heterocycles. The summed E-state index contributed by atoms with van der Waals surface area (Å²) >= 11 is 0. The number of aromatic nitrogens is 2. The molecule has 0 unspecified atom stereocenters. The van der Waals surface area contributed by atoms with Crippen molar-refractivity contribution in [3.63, 3.8) is 0 Å². The molecule has 0 fully saturated rings. The maximum Gasteiger partial charge on any atom is 0.266 e. The lowest BCUT2D eigenvalue weighted by atomic mass is 10.0. The Morgan fingerprint density at radius 2 is 1.90 bits per heavy atom. The normalized spacial score (nSPS) is 11.6. The van der Waals surface area contributed by atoms with Crippen molar-refractivity contribution in [2.75, 3.05) is 4.72 Å². The van der Waals surface area contributed by atoms with Crippen molar-refractivity contribution in [2.24, 2.45) is 5.73 Å². The van der Waals surface area contributed by atoms with Crippen LogP contribution in [-0.4, -0.2) is 24.5 Å². The van der Waals surface area contributed by atoms with E-state index in [1.165, 1.54) is 18.2 Å². The Bertz CT molecular complexity index is 748. The van der Waals surface area contributed by atoms with Crippen LogP contribution in [0.4, 0.5) is 5.82 Å². The first kappa shape index (κ1) is 15.0. The predicted molar refractivity (Wildman–Crippen MR) is 78.4 cm³/mol. The van der Waals surface area contributed by atoms with Crippen LogP contribution in [0.25, 0.3) is 0 Å². The van der Waals surface area contributed by atoms with Gasteiger partial charge in [0, 0.05) is 6.07 Å². The van der Waals surface area contributed by atoms with E-state index in [4.69, 9.17) is 5.73 Å². The molecule has 0 atom stereocenters. The molecule has 4 N–H and O–H groups in total. The zero-order valence-electron chi connectivity index (χ0n) is 11.6. The first-order valence-electron chi connectivity index (χ1n) is 6.27. The van der Waals surface area contributed by atoms with E-state index in [1.807, 2.05) is 13.8 Å². The van der Waals surface area contributed by atoms with Crippen molar-refractivity contribution in [1.29, 1.82) is 0 Å². The van der Waals surface area contributed by atoms with E-state index in [0.717, 1.165) is 5.56 Å². The molecule has 8 heteroatoms. The number of primary amides is 1. The number of nitrogens with two attached hydrogens (primary N) is 1. The van der Waals surface area contributed by atoms with Gasteiger partial charge in [0.2, 0.25) is 0 Å². The van der Waals surface area contributed by atoms with Crippen molar-refractivity contribution >= 4 is 21.7 Å². The maximum absolute atomic E-state index is 12.2. The van der Waals surface area contributed by atoms with Crippen molar-refractivity contribution in [3.05, 3.63) is 41.6 Å². The number of sulfonamides is 1. The molecule has 112 valence electrons. The van der Waals surface area contributed by atoms with Gasteiger partial charge in [0.15, 0.2) is 5.82 Å². The third kappa shape index (κ3) is 3.40. The lowest BCUT2D eigenvalue weighted by molar-refractivity contribution is 0.0995. The molecule has 0 aliphatic rings. The summed E-state index contributed by atoms with van der Waals surface area (Å²) in [6.45, 7) is 4.05. The first-order chi connectivity index (χ1) is 9.79. The highest BCUT2D eigenvalue weighted by Gasteiger charge is 2.17. The van der Waals surface area contributed by atoms with Crippen LogP contribution in [0.15, 0.2) is 35.2 Å². The van der Waals surface area contributed by atoms with Gasteiger partial charge in [-0.25, -0.2) is 8.42 Å². The molecule has 1 aromatic heterocycles. The first-order valence-corrected chi connectivity index (χ1v) is 7.76. The molecule has 0 aliphatic heterocycles. The van der Waals surface area contributed by atoms with E-state index in [1.54, 1.807) is 12.1 Å². The van der Waals surface area contributed by atoms with Crippen molar-refractivity contribution < 1.29 is 13.2 Å². The molecule has 0 bridgehead atoms. The highest BCUT2D eigenvalue weighted by Crippen LogP contribution is 2.19.